The van der Waals surface area contributed by atoms with Crippen LogP contribution in [0, 0.1) is 5.92 Å². The Bertz CT molecular complexity index is 111. The van der Waals surface area contributed by atoms with E-state index in [9.17, 15) is 0 Å². The molecule has 0 radical (unpaired) electrons. The fourth-order valence-corrected chi connectivity index (χ4v) is 4.68. The molecule has 12 heavy (non-hydrogen) atoms. The molecule has 0 rings (SSSR count). The molecule has 3 heteroatoms. The lowest BCUT2D eigenvalue weighted by molar-refractivity contribution is 0.235. The van der Waals surface area contributed by atoms with Crippen molar-refractivity contribution in [2.45, 2.75) is 39.3 Å². The first-order valence-electron chi connectivity index (χ1n) is 4.70. The Hall–Kier alpha value is 0.137. The molecule has 0 heterocycles. The van der Waals surface area contributed by atoms with Gasteiger partial charge in [0.15, 0.2) is 0 Å². The van der Waals surface area contributed by atoms with Gasteiger partial charge < -0.3 is 8.85 Å². The Balaban J connectivity index is 4.13. The predicted molar refractivity (Wildman–Crippen MR) is 54.5 cm³/mol. The molecule has 0 aliphatic rings. The SMILES string of the molecule is CCC[Si](CC(C)C)(OC)OC. The van der Waals surface area contributed by atoms with Crippen molar-refractivity contribution >= 4 is 8.56 Å². The summed E-state index contributed by atoms with van der Waals surface area (Å²) in [6, 6.07) is 2.21. The van der Waals surface area contributed by atoms with E-state index < -0.39 is 8.56 Å². The lowest BCUT2D eigenvalue weighted by Crippen LogP contribution is -2.40. The van der Waals surface area contributed by atoms with E-state index in [4.69, 9.17) is 8.85 Å². The van der Waals surface area contributed by atoms with Crippen molar-refractivity contribution in [3.63, 3.8) is 0 Å². The van der Waals surface area contributed by atoms with Gasteiger partial charge in [-0.3, -0.25) is 0 Å². The number of hydrogen-bond acceptors (Lipinski definition) is 2. The van der Waals surface area contributed by atoms with Gasteiger partial charge in [-0.05, 0) is 18.0 Å². The molecule has 0 amide bonds. The van der Waals surface area contributed by atoms with Crippen LogP contribution in [0.15, 0.2) is 0 Å². The number of rotatable bonds is 6. The van der Waals surface area contributed by atoms with Crippen molar-refractivity contribution in [2.75, 3.05) is 14.2 Å². The normalized spacial score (nSPS) is 12.5. The van der Waals surface area contributed by atoms with Crippen molar-refractivity contribution in [3.05, 3.63) is 0 Å². The van der Waals surface area contributed by atoms with E-state index in [1.165, 1.54) is 0 Å². The Morgan fingerprint density at radius 1 is 1.17 bits per heavy atom. The van der Waals surface area contributed by atoms with Crippen molar-refractivity contribution in [3.8, 4) is 0 Å². The smallest absolute Gasteiger partial charge is 0.337 e. The molecule has 0 atom stereocenters. The predicted octanol–water partition coefficient (Wildman–Crippen LogP) is 2.79. The molecule has 0 aliphatic carbocycles. The molecule has 0 bridgehead atoms. The van der Waals surface area contributed by atoms with E-state index in [-0.39, 0.29) is 0 Å². The van der Waals surface area contributed by atoms with Gasteiger partial charge in [0.2, 0.25) is 0 Å². The van der Waals surface area contributed by atoms with Crippen LogP contribution in [0.1, 0.15) is 27.2 Å². The maximum atomic E-state index is 5.56. The summed E-state index contributed by atoms with van der Waals surface area (Å²) in [4.78, 5) is 0. The molecule has 2 nitrogen and oxygen atoms in total. The van der Waals surface area contributed by atoms with Crippen LogP contribution in [0.5, 0.6) is 0 Å². The zero-order valence-corrected chi connectivity index (χ0v) is 10.0. The topological polar surface area (TPSA) is 18.5 Å². The first-order chi connectivity index (χ1) is 5.60. The minimum atomic E-state index is -1.81. The van der Waals surface area contributed by atoms with Gasteiger partial charge in [-0.15, -0.1) is 0 Å². The zero-order chi connectivity index (χ0) is 9.61. The second kappa shape index (κ2) is 5.73. The lowest BCUT2D eigenvalue weighted by Gasteiger charge is -2.28. The molecule has 0 N–H and O–H groups in total. The fourth-order valence-electron chi connectivity index (χ4n) is 1.56. The van der Waals surface area contributed by atoms with E-state index in [1.54, 1.807) is 14.2 Å². The third kappa shape index (κ3) is 3.69. The minimum Gasteiger partial charge on any atom is -0.398 e. The molecule has 0 aromatic heterocycles. The third-order valence-corrected chi connectivity index (χ3v) is 6.28. The Morgan fingerprint density at radius 2 is 1.67 bits per heavy atom. The summed E-state index contributed by atoms with van der Waals surface area (Å²) in [5, 5.41) is 0. The van der Waals surface area contributed by atoms with Crippen LogP contribution in [-0.2, 0) is 8.85 Å². The quantitative estimate of drug-likeness (QED) is 0.600. The molecule has 0 aliphatic heterocycles. The minimum absolute atomic E-state index is 0.670. The summed E-state index contributed by atoms with van der Waals surface area (Å²) >= 11 is 0. The molecule has 0 unspecified atom stereocenters. The van der Waals surface area contributed by atoms with Gasteiger partial charge in [0.1, 0.15) is 0 Å². The second-order valence-electron chi connectivity index (χ2n) is 3.67. The molecular formula is C9H22O2Si. The van der Waals surface area contributed by atoms with Gasteiger partial charge in [0.05, 0.1) is 0 Å². The van der Waals surface area contributed by atoms with Gasteiger partial charge in [-0.2, -0.15) is 0 Å². The van der Waals surface area contributed by atoms with Crippen LogP contribution < -0.4 is 0 Å². The van der Waals surface area contributed by atoms with E-state index in [1.807, 2.05) is 0 Å². The monoisotopic (exact) mass is 190 g/mol. The van der Waals surface area contributed by atoms with Crippen molar-refractivity contribution in [1.29, 1.82) is 0 Å². The summed E-state index contributed by atoms with van der Waals surface area (Å²) in [5.74, 6) is 0.670. The van der Waals surface area contributed by atoms with Crippen molar-refractivity contribution < 1.29 is 8.85 Å². The molecule has 0 spiro atoms. The fraction of sp³-hybridized carbons (Fsp3) is 1.00. The molecule has 0 fully saturated rings. The summed E-state index contributed by atoms with van der Waals surface area (Å²) in [5.41, 5.74) is 0. The van der Waals surface area contributed by atoms with Crippen LogP contribution in [0.3, 0.4) is 0 Å². The Morgan fingerprint density at radius 3 is 1.92 bits per heavy atom. The standard InChI is InChI=1S/C9H22O2Si/c1-6-7-12(10-4,11-5)8-9(2)3/h9H,6-8H2,1-5H3. The molecule has 0 aromatic carbocycles. The largest absolute Gasteiger partial charge is 0.398 e. The van der Waals surface area contributed by atoms with Gasteiger partial charge in [0.25, 0.3) is 0 Å². The lowest BCUT2D eigenvalue weighted by atomic mass is 10.3. The van der Waals surface area contributed by atoms with Gasteiger partial charge in [-0.1, -0.05) is 27.2 Å². The van der Waals surface area contributed by atoms with E-state index in [0.29, 0.717) is 5.92 Å². The van der Waals surface area contributed by atoms with Gasteiger partial charge >= 0.3 is 8.56 Å². The summed E-state index contributed by atoms with van der Waals surface area (Å²) in [6.45, 7) is 6.62. The second-order valence-corrected chi connectivity index (χ2v) is 7.21. The highest BCUT2D eigenvalue weighted by atomic mass is 28.4. The van der Waals surface area contributed by atoms with Crippen molar-refractivity contribution in [2.24, 2.45) is 5.92 Å². The molecule has 0 aromatic rings. The van der Waals surface area contributed by atoms with Crippen LogP contribution in [0.4, 0.5) is 0 Å². The van der Waals surface area contributed by atoms with Crippen LogP contribution in [0.25, 0.3) is 0 Å². The maximum absolute atomic E-state index is 5.56. The number of hydrogen-bond donors (Lipinski definition) is 0. The molecule has 0 saturated carbocycles. The van der Waals surface area contributed by atoms with Crippen LogP contribution in [0.2, 0.25) is 12.1 Å². The first kappa shape index (κ1) is 12.1. The zero-order valence-electron chi connectivity index (χ0n) is 9.02. The maximum Gasteiger partial charge on any atom is 0.337 e. The summed E-state index contributed by atoms with van der Waals surface area (Å²) in [6.07, 6.45) is 1.15. The highest BCUT2D eigenvalue weighted by molar-refractivity contribution is 6.67. The van der Waals surface area contributed by atoms with E-state index in [2.05, 4.69) is 20.8 Å². The highest BCUT2D eigenvalue weighted by Crippen LogP contribution is 2.23. The Kier molecular flexibility index (Phi) is 5.79. The van der Waals surface area contributed by atoms with E-state index >= 15 is 0 Å². The first-order valence-corrected chi connectivity index (χ1v) is 6.93. The average molecular weight is 190 g/mol. The third-order valence-electron chi connectivity index (χ3n) is 2.09. The van der Waals surface area contributed by atoms with Gasteiger partial charge in [-0.25, -0.2) is 0 Å². The van der Waals surface area contributed by atoms with Crippen LogP contribution in [-0.4, -0.2) is 22.8 Å². The Labute approximate surface area is 77.5 Å². The summed E-state index contributed by atoms with van der Waals surface area (Å²) in [7, 11) is 1.76. The molecular weight excluding hydrogens is 168 g/mol. The van der Waals surface area contributed by atoms with Crippen LogP contribution >= 0.6 is 0 Å². The van der Waals surface area contributed by atoms with E-state index in [0.717, 1.165) is 18.5 Å². The average Bonchev–Trinajstić information content (AvgIpc) is 2.03. The van der Waals surface area contributed by atoms with Gasteiger partial charge in [0, 0.05) is 14.2 Å². The highest BCUT2D eigenvalue weighted by Gasteiger charge is 2.34. The molecule has 0 saturated heterocycles. The summed E-state index contributed by atoms with van der Waals surface area (Å²) < 4.78 is 11.1. The van der Waals surface area contributed by atoms with Crippen molar-refractivity contribution in [1.82, 2.24) is 0 Å². The molecule has 74 valence electrons.